The number of hydrogen-bond donors (Lipinski definition) is 7. The van der Waals surface area contributed by atoms with Gasteiger partial charge < -0.3 is 0 Å². The Kier molecular flexibility index (Phi) is 10.7. The number of imide groups is 1. The van der Waals surface area contributed by atoms with Crippen molar-refractivity contribution in [2.75, 3.05) is 13.2 Å². The number of carboxylic acids is 1. The molecule has 8 N–H and O–H groups in total. The minimum absolute atomic E-state index is 0.605. The van der Waals surface area contributed by atoms with Gasteiger partial charge in [0.2, 0.25) is 0 Å². The topological polar surface area (TPSA) is 230 Å². The van der Waals surface area contributed by atoms with Gasteiger partial charge in [0.15, 0.2) is 0 Å². The third-order valence-electron chi connectivity index (χ3n) is 5.86. The van der Waals surface area contributed by atoms with Crippen LogP contribution in [-0.4, -0.2) is 153 Å². The van der Waals surface area contributed by atoms with Crippen molar-refractivity contribution in [2.24, 2.45) is 5.73 Å². The van der Waals surface area contributed by atoms with Gasteiger partial charge in [-0.2, -0.15) is 0 Å². The van der Waals surface area contributed by atoms with E-state index in [9.17, 15) is 45.0 Å². The van der Waals surface area contributed by atoms with E-state index in [2.05, 4.69) is 0 Å². The summed E-state index contributed by atoms with van der Waals surface area (Å²) >= 11 is -2.53. The molecule has 34 heavy (non-hydrogen) atoms. The SMILES string of the molecule is CC(=O)N(C(C)=O)[C@H]1[CH]([Pb][CH]2O[C@H](CO)[C@@H](O)[C@H](O)[C@H]2N)O[C@H](CO)[C@@H](O)[C@@H]1O[C@H](C)C(=O)O. The van der Waals surface area contributed by atoms with E-state index in [-0.39, 0.29) is 0 Å². The normalized spacial score (nSPS) is 39.3. The molecule has 0 bridgehead atoms. The van der Waals surface area contributed by atoms with Crippen LogP contribution in [0.3, 0.4) is 0 Å². The molecule has 2 saturated heterocycles. The fraction of sp³-hybridized carbons (Fsp3) is 0.842. The Labute approximate surface area is 207 Å². The van der Waals surface area contributed by atoms with Crippen molar-refractivity contribution in [3.05, 3.63) is 0 Å². The standard InChI is InChI=1S/C13H20NO8.C6H12NO4.Pb/c1-6(13(19)20)22-12-9(14(7(2)16)8(3)17)5-21-10(4-15)11(12)18;7-3-2-11-4(1-8)6(10)5(3)9;/h5-6,9-12,15,18H,4H2,1-3H3,(H,19,20);2-6,8-10H,1,7H2;/t6-,9+,10-,11-,12-;3-,4+,5+,6+;/m10./s1. The molecule has 0 saturated carbocycles. The summed E-state index contributed by atoms with van der Waals surface area (Å²) in [5.74, 6) is -2.77. The monoisotopic (exact) mass is 688 g/mol. The van der Waals surface area contributed by atoms with Crippen LogP contribution in [0.25, 0.3) is 0 Å². The molecule has 0 aromatic carbocycles. The van der Waals surface area contributed by atoms with Gasteiger partial charge in [-0.25, -0.2) is 0 Å². The number of hydrogen-bond acceptors (Lipinski definition) is 12. The summed E-state index contributed by atoms with van der Waals surface area (Å²) < 4.78 is 15.3. The molecule has 2 aliphatic heterocycles. The first-order chi connectivity index (χ1) is 15.8. The van der Waals surface area contributed by atoms with E-state index in [0.717, 1.165) is 18.7 Å². The van der Waals surface area contributed by atoms with E-state index in [1.807, 2.05) is 0 Å². The minimum atomic E-state index is -2.53. The number of aliphatic hydroxyl groups is 5. The summed E-state index contributed by atoms with van der Waals surface area (Å²) in [6.45, 7) is 2.15. The number of carboxylic acid groups (broad SMARTS) is 1. The average Bonchev–Trinajstić information content (AvgIpc) is 2.76. The number of carbonyl (C=O) groups excluding carboxylic acids is 2. The van der Waals surface area contributed by atoms with E-state index < -0.39 is 117 Å². The number of nitrogens with two attached hydrogens (primary N) is 1. The van der Waals surface area contributed by atoms with Gasteiger partial charge in [0.25, 0.3) is 0 Å². The van der Waals surface area contributed by atoms with E-state index in [1.165, 1.54) is 6.92 Å². The number of aliphatic hydroxyl groups excluding tert-OH is 5. The second kappa shape index (κ2) is 12.4. The molecule has 0 aromatic heterocycles. The van der Waals surface area contributed by atoms with Crippen LogP contribution in [0.15, 0.2) is 0 Å². The Morgan fingerprint density at radius 2 is 1.47 bits per heavy atom. The summed E-state index contributed by atoms with van der Waals surface area (Å²) in [5, 5.41) is 59.7. The molecular weight excluding hydrogens is 655 g/mol. The van der Waals surface area contributed by atoms with Crippen LogP contribution in [0, 0.1) is 0 Å². The van der Waals surface area contributed by atoms with E-state index >= 15 is 0 Å². The summed E-state index contributed by atoms with van der Waals surface area (Å²) in [7, 11) is 0. The van der Waals surface area contributed by atoms with Gasteiger partial charge in [-0.05, 0) is 0 Å². The summed E-state index contributed by atoms with van der Waals surface area (Å²) in [6.07, 6.45) is -9.68. The summed E-state index contributed by atoms with van der Waals surface area (Å²) in [6, 6.07) is -2.35. The fourth-order valence-electron chi connectivity index (χ4n) is 4.05. The molecule has 2 rings (SSSR count). The zero-order valence-electron chi connectivity index (χ0n) is 18.9. The van der Waals surface area contributed by atoms with Crippen LogP contribution in [0.4, 0.5) is 0 Å². The molecular formula is C19H32N2O12Pb. The van der Waals surface area contributed by atoms with Gasteiger partial charge in [0.1, 0.15) is 0 Å². The molecule has 15 heteroatoms. The van der Waals surface area contributed by atoms with Crippen LogP contribution < -0.4 is 5.73 Å². The Bertz CT molecular complexity index is 728. The third-order valence-corrected chi connectivity index (χ3v) is 12.3. The zero-order chi connectivity index (χ0) is 25.9. The maximum absolute atomic E-state index is 12.4. The van der Waals surface area contributed by atoms with Gasteiger partial charge in [-0.15, -0.1) is 0 Å². The molecule has 14 nitrogen and oxygen atoms in total. The van der Waals surface area contributed by atoms with Gasteiger partial charge in [-0.3, -0.25) is 0 Å². The first kappa shape index (κ1) is 29.4. The van der Waals surface area contributed by atoms with Crippen molar-refractivity contribution in [2.45, 2.75) is 82.9 Å². The predicted octanol–water partition coefficient (Wildman–Crippen LogP) is -4.84. The van der Waals surface area contributed by atoms with Crippen molar-refractivity contribution in [1.29, 1.82) is 0 Å². The van der Waals surface area contributed by atoms with Crippen LogP contribution in [0.5, 0.6) is 0 Å². The molecule has 0 spiro atoms. The number of carbonyl (C=O) groups is 3. The molecule has 11 atom stereocenters. The van der Waals surface area contributed by atoms with Crippen LogP contribution in [0.2, 0.25) is 0 Å². The Hall–Kier alpha value is -0.828. The van der Waals surface area contributed by atoms with Crippen molar-refractivity contribution in [3.8, 4) is 0 Å². The Balaban J connectivity index is 2.49. The van der Waals surface area contributed by atoms with Crippen molar-refractivity contribution in [3.63, 3.8) is 0 Å². The summed E-state index contributed by atoms with van der Waals surface area (Å²) in [5.41, 5.74) is 6.06. The molecule has 2 heterocycles. The van der Waals surface area contributed by atoms with Crippen molar-refractivity contribution >= 4 is 42.0 Å². The molecule has 2 unspecified atom stereocenters. The van der Waals surface area contributed by atoms with Gasteiger partial charge >= 0.3 is 208 Å². The number of rotatable bonds is 8. The molecule has 2 amide bonds. The number of aliphatic carboxylic acids is 1. The first-order valence-corrected chi connectivity index (χ1v) is 15.1. The molecule has 2 aliphatic rings. The molecule has 0 aromatic rings. The van der Waals surface area contributed by atoms with Crippen LogP contribution >= 0.6 is 0 Å². The van der Waals surface area contributed by atoms with Gasteiger partial charge in [0.05, 0.1) is 0 Å². The third kappa shape index (κ3) is 6.29. The molecule has 0 aliphatic carbocycles. The van der Waals surface area contributed by atoms with E-state index in [4.69, 9.17) is 19.9 Å². The maximum atomic E-state index is 12.4. The predicted molar refractivity (Wildman–Crippen MR) is 112 cm³/mol. The molecule has 2 radical (unpaired) electrons. The van der Waals surface area contributed by atoms with Gasteiger partial charge in [0, 0.05) is 0 Å². The first-order valence-electron chi connectivity index (χ1n) is 10.6. The zero-order valence-corrected chi connectivity index (χ0v) is 22.8. The number of nitrogens with zero attached hydrogens (tertiary/aromatic N) is 1. The van der Waals surface area contributed by atoms with E-state index in [0.29, 0.717) is 0 Å². The Morgan fingerprint density at radius 1 is 0.971 bits per heavy atom. The molecule has 194 valence electrons. The number of amides is 2. The summed E-state index contributed by atoms with van der Waals surface area (Å²) in [4.78, 5) is 37.0. The Morgan fingerprint density at radius 3 is 1.94 bits per heavy atom. The quantitative estimate of drug-likeness (QED) is 0.119. The van der Waals surface area contributed by atoms with E-state index in [1.54, 1.807) is 0 Å². The average molecular weight is 688 g/mol. The molecule has 2 fully saturated rings. The van der Waals surface area contributed by atoms with Crippen molar-refractivity contribution < 1.29 is 59.2 Å². The van der Waals surface area contributed by atoms with Gasteiger partial charge in [-0.1, -0.05) is 0 Å². The van der Waals surface area contributed by atoms with Crippen LogP contribution in [-0.2, 0) is 28.6 Å². The number of ether oxygens (including phenoxy) is 3. The van der Waals surface area contributed by atoms with Crippen molar-refractivity contribution in [1.82, 2.24) is 4.90 Å². The second-order valence-electron chi connectivity index (χ2n) is 8.25. The van der Waals surface area contributed by atoms with Crippen LogP contribution in [0.1, 0.15) is 20.8 Å². The fourth-order valence-corrected chi connectivity index (χ4v) is 11.0. The second-order valence-corrected chi connectivity index (χ2v) is 14.0.